The normalized spacial score (nSPS) is 12.0. The minimum atomic E-state index is -0.994. The molecule has 0 aliphatic carbocycles. The number of nitrogens with two attached hydrogens (primary N) is 3. The summed E-state index contributed by atoms with van der Waals surface area (Å²) in [6, 6.07) is -1.32. The summed E-state index contributed by atoms with van der Waals surface area (Å²) in [5.41, 5.74) is 16.4. The van der Waals surface area contributed by atoms with E-state index in [1.54, 1.807) is 0 Å². The SMILES string of the molecule is Cl.Cl.Cl.NCCCCC(N)C(=O)NCCCCC(N)C(=O)O. The second-order valence-electron chi connectivity index (χ2n) is 4.62. The van der Waals surface area contributed by atoms with Crippen LogP contribution in [0.4, 0.5) is 0 Å². The number of carboxylic acids is 1. The van der Waals surface area contributed by atoms with Gasteiger partial charge in [0.25, 0.3) is 0 Å². The molecule has 0 aliphatic heterocycles. The second-order valence-corrected chi connectivity index (χ2v) is 4.62. The molecule has 0 saturated heterocycles. The van der Waals surface area contributed by atoms with Crippen molar-refractivity contribution in [3.8, 4) is 0 Å². The van der Waals surface area contributed by atoms with Gasteiger partial charge in [-0.15, -0.1) is 37.2 Å². The molecular weight excluding hydrogens is 355 g/mol. The van der Waals surface area contributed by atoms with Crippen LogP contribution in [0.25, 0.3) is 0 Å². The summed E-state index contributed by atoms with van der Waals surface area (Å²) in [4.78, 5) is 22.0. The first-order chi connectivity index (χ1) is 8.99. The Morgan fingerprint density at radius 1 is 0.909 bits per heavy atom. The molecule has 0 rings (SSSR count). The van der Waals surface area contributed by atoms with Crippen molar-refractivity contribution in [3.63, 3.8) is 0 Å². The maximum absolute atomic E-state index is 11.6. The van der Waals surface area contributed by atoms with E-state index in [9.17, 15) is 9.59 Å². The maximum Gasteiger partial charge on any atom is 0.320 e. The maximum atomic E-state index is 11.6. The molecule has 0 radical (unpaired) electrons. The highest BCUT2D eigenvalue weighted by molar-refractivity contribution is 5.86. The molecule has 8 N–H and O–H groups in total. The molecule has 0 bridgehead atoms. The number of amides is 1. The fourth-order valence-electron chi connectivity index (χ4n) is 1.60. The van der Waals surface area contributed by atoms with E-state index in [1.807, 2.05) is 0 Å². The Morgan fingerprint density at radius 2 is 1.41 bits per heavy atom. The van der Waals surface area contributed by atoms with Gasteiger partial charge in [0.05, 0.1) is 6.04 Å². The molecule has 136 valence electrons. The number of hydrogen-bond donors (Lipinski definition) is 5. The zero-order valence-electron chi connectivity index (χ0n) is 12.5. The molecule has 0 aromatic carbocycles. The zero-order chi connectivity index (χ0) is 14.7. The highest BCUT2D eigenvalue weighted by atomic mass is 35.5. The third kappa shape index (κ3) is 16.1. The van der Waals surface area contributed by atoms with E-state index in [0.717, 1.165) is 12.8 Å². The van der Waals surface area contributed by atoms with Crippen LogP contribution in [-0.4, -0.2) is 42.2 Å². The Bertz CT molecular complexity index is 286. The summed E-state index contributed by atoms with van der Waals surface area (Å²) in [5, 5.41) is 11.3. The lowest BCUT2D eigenvalue weighted by atomic mass is 10.1. The van der Waals surface area contributed by atoms with Crippen LogP contribution in [0.5, 0.6) is 0 Å². The second kappa shape index (κ2) is 18.7. The zero-order valence-corrected chi connectivity index (χ0v) is 15.0. The predicted octanol–water partition coefficient (Wildman–Crippen LogP) is 0.407. The van der Waals surface area contributed by atoms with Crippen molar-refractivity contribution in [1.82, 2.24) is 5.32 Å². The van der Waals surface area contributed by atoms with Gasteiger partial charge in [-0.1, -0.05) is 6.42 Å². The first-order valence-electron chi connectivity index (χ1n) is 6.70. The Morgan fingerprint density at radius 3 is 1.91 bits per heavy atom. The Hall–Kier alpha value is -0.310. The quantitative estimate of drug-likeness (QED) is 0.327. The molecule has 0 spiro atoms. The predicted molar refractivity (Wildman–Crippen MR) is 95.1 cm³/mol. The number of carboxylic acid groups (broad SMARTS) is 1. The van der Waals surface area contributed by atoms with Gasteiger partial charge >= 0.3 is 5.97 Å². The first kappa shape index (κ1) is 29.7. The third-order valence-electron chi connectivity index (χ3n) is 2.86. The number of hydrogen-bond acceptors (Lipinski definition) is 5. The van der Waals surface area contributed by atoms with Crippen molar-refractivity contribution < 1.29 is 14.7 Å². The van der Waals surface area contributed by atoms with Gasteiger partial charge in [0.1, 0.15) is 6.04 Å². The van der Waals surface area contributed by atoms with Crippen molar-refractivity contribution in [2.75, 3.05) is 13.1 Å². The number of carbonyl (C=O) groups is 2. The Labute approximate surface area is 150 Å². The van der Waals surface area contributed by atoms with Gasteiger partial charge in [-0.2, -0.15) is 0 Å². The van der Waals surface area contributed by atoms with Crippen LogP contribution in [0.3, 0.4) is 0 Å². The lowest BCUT2D eigenvalue weighted by Gasteiger charge is -2.12. The van der Waals surface area contributed by atoms with E-state index in [1.165, 1.54) is 0 Å². The van der Waals surface area contributed by atoms with E-state index in [0.29, 0.717) is 38.8 Å². The van der Waals surface area contributed by atoms with Crippen LogP contribution in [0.2, 0.25) is 0 Å². The molecule has 2 unspecified atom stereocenters. The van der Waals surface area contributed by atoms with Crippen LogP contribution in [0, 0.1) is 0 Å². The first-order valence-corrected chi connectivity index (χ1v) is 6.70. The Kier molecular flexibility index (Phi) is 25.3. The molecular formula is C12H29Cl3N4O3. The molecule has 7 nitrogen and oxygen atoms in total. The minimum absolute atomic E-state index is 0. The largest absolute Gasteiger partial charge is 0.480 e. The van der Waals surface area contributed by atoms with Crippen LogP contribution in [0.15, 0.2) is 0 Å². The van der Waals surface area contributed by atoms with Crippen molar-refractivity contribution in [2.24, 2.45) is 17.2 Å². The Balaban J connectivity index is -0.000000540. The van der Waals surface area contributed by atoms with E-state index in [2.05, 4.69) is 5.32 Å². The topological polar surface area (TPSA) is 144 Å². The summed E-state index contributed by atoms with van der Waals surface area (Å²) in [7, 11) is 0. The summed E-state index contributed by atoms with van der Waals surface area (Å²) < 4.78 is 0. The summed E-state index contributed by atoms with van der Waals surface area (Å²) in [6.07, 6.45) is 4.12. The average molecular weight is 384 g/mol. The molecule has 22 heavy (non-hydrogen) atoms. The van der Waals surface area contributed by atoms with E-state index >= 15 is 0 Å². The molecule has 10 heteroatoms. The van der Waals surface area contributed by atoms with Crippen molar-refractivity contribution in [3.05, 3.63) is 0 Å². The van der Waals surface area contributed by atoms with Gasteiger partial charge in [-0.25, -0.2) is 0 Å². The lowest BCUT2D eigenvalue weighted by molar-refractivity contribution is -0.138. The van der Waals surface area contributed by atoms with Crippen molar-refractivity contribution in [1.29, 1.82) is 0 Å². The molecule has 0 aliphatic rings. The summed E-state index contributed by atoms with van der Waals surface area (Å²) >= 11 is 0. The summed E-state index contributed by atoms with van der Waals surface area (Å²) in [6.45, 7) is 1.11. The monoisotopic (exact) mass is 382 g/mol. The van der Waals surface area contributed by atoms with Crippen LogP contribution in [-0.2, 0) is 9.59 Å². The highest BCUT2D eigenvalue weighted by Gasteiger charge is 2.13. The molecule has 0 aromatic heterocycles. The lowest BCUT2D eigenvalue weighted by Crippen LogP contribution is -2.41. The van der Waals surface area contributed by atoms with Gasteiger partial charge in [-0.05, 0) is 38.6 Å². The van der Waals surface area contributed by atoms with Crippen molar-refractivity contribution in [2.45, 2.75) is 50.6 Å². The molecule has 0 saturated carbocycles. The molecule has 0 aromatic rings. The fraction of sp³-hybridized carbons (Fsp3) is 0.833. The summed E-state index contributed by atoms with van der Waals surface area (Å²) in [5.74, 6) is -1.16. The van der Waals surface area contributed by atoms with Crippen LogP contribution in [0.1, 0.15) is 38.5 Å². The number of halogens is 3. The number of nitrogens with one attached hydrogen (secondary N) is 1. The smallest absolute Gasteiger partial charge is 0.320 e. The van der Waals surface area contributed by atoms with Gasteiger partial charge in [-0.3, -0.25) is 9.59 Å². The average Bonchev–Trinajstić information content (AvgIpc) is 2.37. The van der Waals surface area contributed by atoms with Crippen molar-refractivity contribution >= 4 is 49.1 Å². The van der Waals surface area contributed by atoms with Crippen LogP contribution >= 0.6 is 37.2 Å². The number of rotatable bonds is 11. The third-order valence-corrected chi connectivity index (χ3v) is 2.86. The number of aliphatic carboxylic acids is 1. The molecule has 2 atom stereocenters. The fourth-order valence-corrected chi connectivity index (χ4v) is 1.60. The van der Waals surface area contributed by atoms with Gasteiger partial charge < -0.3 is 27.6 Å². The van der Waals surface area contributed by atoms with E-state index in [-0.39, 0.29) is 43.1 Å². The molecule has 0 fully saturated rings. The number of carbonyl (C=O) groups excluding carboxylic acids is 1. The standard InChI is InChI=1S/C12H26N4O3.3ClH/c13-7-3-1-5-9(14)11(17)16-8-4-2-6-10(15)12(18)19;;;/h9-10H,1-8,13-15H2,(H,16,17)(H,18,19);3*1H. The molecule has 0 heterocycles. The minimum Gasteiger partial charge on any atom is -0.480 e. The van der Waals surface area contributed by atoms with Crippen LogP contribution < -0.4 is 22.5 Å². The van der Waals surface area contributed by atoms with Gasteiger partial charge in [0, 0.05) is 6.54 Å². The van der Waals surface area contributed by atoms with Gasteiger partial charge in [0.2, 0.25) is 5.91 Å². The van der Waals surface area contributed by atoms with Gasteiger partial charge in [0.15, 0.2) is 0 Å². The molecule has 1 amide bonds. The number of unbranched alkanes of at least 4 members (excludes halogenated alkanes) is 2. The van der Waals surface area contributed by atoms with E-state index < -0.39 is 18.1 Å². The highest BCUT2D eigenvalue weighted by Crippen LogP contribution is 2.00. The van der Waals surface area contributed by atoms with E-state index in [4.69, 9.17) is 22.3 Å².